The van der Waals surface area contributed by atoms with E-state index in [1.165, 1.54) is 0 Å². The summed E-state index contributed by atoms with van der Waals surface area (Å²) in [6, 6.07) is 4.47. The maximum Gasteiger partial charge on any atom is 0.313 e. The third-order valence-corrected chi connectivity index (χ3v) is 45.5. The third-order valence-electron chi connectivity index (χ3n) is 42.0. The number of esters is 13. The lowest BCUT2D eigenvalue weighted by Gasteiger charge is -2.31. The molecule has 14 aliphatic carbocycles. The Morgan fingerprint density at radius 2 is 0.686 bits per heavy atom. The van der Waals surface area contributed by atoms with E-state index in [0.717, 1.165) is 57.8 Å². The van der Waals surface area contributed by atoms with Crippen LogP contribution in [0.5, 0.6) is 0 Å². The average molecular weight is 1940 g/mol. The largest absolute Gasteiger partial charge is 0.462 e. The highest BCUT2D eigenvalue weighted by molar-refractivity contribution is 7.88. The molecule has 33 rings (SSSR count). The smallest absolute Gasteiger partial charge is 0.313 e. The molecule has 0 spiro atoms. The summed E-state index contributed by atoms with van der Waals surface area (Å²) in [5.41, 5.74) is -0.180. The fourth-order valence-corrected chi connectivity index (χ4v) is 39.4. The molecule has 137 heavy (non-hydrogen) atoms. The van der Waals surface area contributed by atoms with Crippen LogP contribution >= 0.6 is 0 Å². The van der Waals surface area contributed by atoms with Crippen molar-refractivity contribution in [2.45, 2.75) is 290 Å². The highest BCUT2D eigenvalue weighted by Crippen LogP contribution is 2.69. The van der Waals surface area contributed by atoms with E-state index >= 15 is 0 Å². The first-order chi connectivity index (χ1) is 65.2. The zero-order valence-electron chi connectivity index (χ0n) is 76.5. The van der Waals surface area contributed by atoms with Crippen LogP contribution in [0, 0.1) is 235 Å². The first-order valence-electron chi connectivity index (χ1n) is 50.1. The quantitative estimate of drug-likeness (QED) is 0.191. The van der Waals surface area contributed by atoms with Gasteiger partial charge in [0.1, 0.15) is 109 Å². The van der Waals surface area contributed by atoms with Crippen LogP contribution in [0.4, 0.5) is 0 Å². The molecule has 19 saturated heterocycles. The molecule has 14 saturated carbocycles. The summed E-state index contributed by atoms with van der Waals surface area (Å²) in [7, 11) is -7.16. The number of carbonyl (C=O) groups excluding carboxylic acids is 13. The van der Waals surface area contributed by atoms with E-state index < -0.39 is 109 Å². The minimum Gasteiger partial charge on any atom is -0.462 e. The van der Waals surface area contributed by atoms with Crippen molar-refractivity contribution in [3.8, 4) is 12.1 Å². The minimum atomic E-state index is -3.64. The van der Waals surface area contributed by atoms with Crippen molar-refractivity contribution in [3.63, 3.8) is 0 Å². The molecule has 0 amide bonds. The van der Waals surface area contributed by atoms with Gasteiger partial charge in [0.15, 0.2) is 18.3 Å². The molecule has 736 valence electrons. The number of hydrogen-bond acceptors (Lipinski definition) is 38. The second-order valence-electron chi connectivity index (χ2n) is 47.8. The molecule has 22 bridgehead atoms. The Hall–Kier alpha value is -8.25. The molecule has 40 heteroatoms. The topological polar surface area (TPSA) is 513 Å². The Morgan fingerprint density at radius 1 is 0.299 bits per heavy atom. The van der Waals surface area contributed by atoms with Crippen molar-refractivity contribution < 1.29 is 168 Å². The zero-order valence-corrected chi connectivity index (χ0v) is 78.1. The van der Waals surface area contributed by atoms with Gasteiger partial charge in [0, 0.05) is 64.1 Å². The molecule has 0 aromatic carbocycles. The van der Waals surface area contributed by atoms with Crippen molar-refractivity contribution in [1.82, 2.24) is 0 Å². The SMILES string of the molecule is CC1(C)C2CC3C(=O)OC1C3O2.CC1(C)C2OC3C(C(=O)OC31)C2C#N.CC1C2CC3C1OC(=O)C3C2C#N.CC1C2CC3C1OC(=O)C3C2C(=O)OC1C2CC3C(=O)OC1C3C2.CC1C2CC3C1OC(=O)C3C2C(=O)OC1C2CC3C(=O)OC1C3O2.CC1C2CC3C1OC(=O)C3C2C(=O)OC1C2CC3C(O2)C1OS3(=O)=O.CC1C2CC3C1OC(=O)C3C2C(=O)OC1C2CC3C1OS(=O)(=O)C3C2. The molecular formula is C97H110N2O36S2. The number of carbonyl (C=O) groups is 13. The first kappa shape index (κ1) is 87.7. The highest BCUT2D eigenvalue weighted by Gasteiger charge is 2.79. The number of ether oxygens (including phenoxy) is 17. The normalized spacial score (nSPS) is 57.2. The molecule has 0 aromatic rings. The van der Waals surface area contributed by atoms with Crippen molar-refractivity contribution in [2.75, 3.05) is 0 Å². The number of nitrogens with zero attached hydrogens (tertiary/aromatic N) is 2. The Labute approximate surface area is 786 Å². The Balaban J connectivity index is 0.0000000822. The van der Waals surface area contributed by atoms with Crippen molar-refractivity contribution in [3.05, 3.63) is 0 Å². The van der Waals surface area contributed by atoms with Crippen LogP contribution in [-0.4, -0.2) is 245 Å². The maximum absolute atomic E-state index is 12.9. The molecule has 33 aliphatic rings. The fourth-order valence-electron chi connectivity index (χ4n) is 35.9. The van der Waals surface area contributed by atoms with Crippen LogP contribution in [0.25, 0.3) is 0 Å². The lowest BCUT2D eigenvalue weighted by atomic mass is 9.67. The standard InChI is InChI=1S/C18H20O6.C17H20O7S.C17H18O7.C16H18O8S.C10H11NO3.C10H11NO2.C9H12O3/c1-5-7-4-10-12(18(21)22-13(5)10)11(7)17(20)23-14-6-2-8-9(3-6)16(19)24-15(8)14;1-5-7-4-9-12(17(19)22-13(5)9)11(7)16(18)23-14-6-2-8-10(3-6)25(20,21)24-15(8)14;1-4-5-2-6-10(17(20)22-11(4)6)9(5)16(19)23-13-8-3-7-12(21-8)14(13)24-15(7)18;1-4-5-2-6-10(16(18)22-11(4)6)9(5)15(17)23-12-7-3-8-13(21-7)14(12)24-25(8,19)20;1-10(2)7-4(3-11)5-6(13-7)8(10)14-9(5)12;1-4-5-2-6-8(7(5)3-11)10(12)13-9(4)6;1-9(2)5-3-4-6(11-5)7(9)12-8(4)10/h5-15H,2-4H2,1H3;5-15H,2-4H2,1H3;4-14H,2-3H2,1H3;4-14H,2-3H2,1H3;4-8H,1-2H3;4-9H,2H2,1H3;4-7H,3H2,1-2H3. The van der Waals surface area contributed by atoms with Gasteiger partial charge in [0.05, 0.1) is 125 Å². The number of hydrogen-bond donors (Lipinski definition) is 0. The van der Waals surface area contributed by atoms with Gasteiger partial charge in [-0.05, 0) is 136 Å². The van der Waals surface area contributed by atoms with Crippen molar-refractivity contribution in [1.29, 1.82) is 10.5 Å². The summed E-state index contributed by atoms with van der Waals surface area (Å²) in [5, 5.41) is 16.9. The first-order valence-corrected chi connectivity index (χ1v) is 53.1. The number of fused-ring (bicyclic) bond motifs is 11. The Kier molecular flexibility index (Phi) is 18.8. The third kappa shape index (κ3) is 11.6. The van der Waals surface area contributed by atoms with Gasteiger partial charge >= 0.3 is 77.6 Å². The van der Waals surface area contributed by atoms with E-state index in [2.05, 4.69) is 46.8 Å². The molecule has 19 heterocycles. The number of nitriles is 2. The van der Waals surface area contributed by atoms with Gasteiger partial charge in [-0.15, -0.1) is 0 Å². The van der Waals surface area contributed by atoms with E-state index in [9.17, 15) is 79.2 Å². The molecule has 0 aromatic heterocycles. The van der Waals surface area contributed by atoms with E-state index in [-0.39, 0.29) is 334 Å². The van der Waals surface area contributed by atoms with Crippen LogP contribution in [0.15, 0.2) is 0 Å². The van der Waals surface area contributed by atoms with E-state index in [1.807, 2.05) is 27.7 Å². The molecule has 33 fully saturated rings. The van der Waals surface area contributed by atoms with Gasteiger partial charge in [-0.25, -0.2) is 0 Å². The summed E-state index contributed by atoms with van der Waals surface area (Å²) in [4.78, 5) is 158. The predicted molar refractivity (Wildman–Crippen MR) is 439 cm³/mol. The van der Waals surface area contributed by atoms with Crippen LogP contribution in [0.3, 0.4) is 0 Å². The second kappa shape index (κ2) is 29.3. The van der Waals surface area contributed by atoms with Crippen LogP contribution in [0.1, 0.15) is 139 Å². The van der Waals surface area contributed by atoms with Gasteiger partial charge < -0.3 is 80.5 Å². The van der Waals surface area contributed by atoms with E-state index in [1.54, 1.807) is 0 Å². The monoisotopic (exact) mass is 1940 g/mol. The average Bonchev–Trinajstić information content (AvgIpc) is 1.54. The molecule has 59 atom stereocenters. The minimum absolute atomic E-state index is 0.00409. The Morgan fingerprint density at radius 3 is 1.20 bits per heavy atom. The van der Waals surface area contributed by atoms with Crippen LogP contribution < -0.4 is 0 Å². The molecule has 59 unspecified atom stereocenters. The van der Waals surface area contributed by atoms with Crippen LogP contribution in [0.2, 0.25) is 0 Å². The van der Waals surface area contributed by atoms with E-state index in [4.69, 9.17) is 99.4 Å². The molecular weight excluding hydrogens is 1830 g/mol. The predicted octanol–water partition coefficient (Wildman–Crippen LogP) is 3.22. The van der Waals surface area contributed by atoms with Gasteiger partial charge in [0.2, 0.25) is 0 Å². The Bertz CT molecular complexity index is 5480. The molecule has 19 aliphatic heterocycles. The summed E-state index contributed by atoms with van der Waals surface area (Å²) in [6.45, 7) is 18.5. The summed E-state index contributed by atoms with van der Waals surface area (Å²) in [5.74, 6) is -3.90. The zero-order chi connectivity index (χ0) is 94.9. The summed E-state index contributed by atoms with van der Waals surface area (Å²) >= 11 is 0. The lowest BCUT2D eigenvalue weighted by Crippen LogP contribution is -2.45. The highest BCUT2D eigenvalue weighted by atomic mass is 32.2. The second-order valence-corrected chi connectivity index (χ2v) is 51.4. The van der Waals surface area contributed by atoms with Gasteiger partial charge in [-0.1, -0.05) is 62.3 Å². The number of rotatable bonds is 8. The fraction of sp³-hybridized carbons (Fsp3) is 0.845. The van der Waals surface area contributed by atoms with Crippen molar-refractivity contribution in [2.24, 2.45) is 212 Å². The molecule has 0 radical (unpaired) electrons. The molecule has 38 nitrogen and oxygen atoms in total. The van der Waals surface area contributed by atoms with Crippen molar-refractivity contribution >= 4 is 97.8 Å². The summed E-state index contributed by atoms with van der Waals surface area (Å²) in [6.07, 6.45) is 3.34. The molecule has 0 N–H and O–H groups in total. The van der Waals surface area contributed by atoms with Crippen LogP contribution in [-0.2, 0) is 171 Å². The lowest BCUT2D eigenvalue weighted by molar-refractivity contribution is -0.170. The van der Waals surface area contributed by atoms with E-state index in [0.29, 0.717) is 37.0 Å². The summed E-state index contributed by atoms with van der Waals surface area (Å²) < 4.78 is 153. The van der Waals surface area contributed by atoms with Gasteiger partial charge in [-0.3, -0.25) is 70.7 Å². The van der Waals surface area contributed by atoms with Gasteiger partial charge in [-0.2, -0.15) is 27.4 Å². The maximum atomic E-state index is 12.9. The van der Waals surface area contributed by atoms with Gasteiger partial charge in [0.25, 0.3) is 20.2 Å².